The lowest BCUT2D eigenvalue weighted by molar-refractivity contribution is 0.628. The van der Waals surface area contributed by atoms with E-state index in [1.807, 2.05) is 12.1 Å². The van der Waals surface area contributed by atoms with E-state index in [1.165, 1.54) is 17.7 Å². The molecule has 0 unspecified atom stereocenters. The van der Waals surface area contributed by atoms with Crippen LogP contribution in [0, 0.1) is 5.82 Å². The Kier molecular flexibility index (Phi) is 3.66. The molecule has 2 heteroatoms. The van der Waals surface area contributed by atoms with Crippen LogP contribution < -0.4 is 4.90 Å². The van der Waals surface area contributed by atoms with Crippen LogP contribution in [-0.4, -0.2) is 6.54 Å². The Bertz CT molecular complexity index is 504. The second-order valence-corrected chi connectivity index (χ2v) is 4.78. The van der Waals surface area contributed by atoms with E-state index in [0.717, 1.165) is 29.9 Å². The molecule has 0 N–H and O–H groups in total. The molecule has 1 aromatic rings. The van der Waals surface area contributed by atoms with Crippen molar-refractivity contribution in [2.24, 2.45) is 0 Å². The third-order valence-corrected chi connectivity index (χ3v) is 3.00. The van der Waals surface area contributed by atoms with Crippen LogP contribution in [0.5, 0.6) is 0 Å². The zero-order valence-electron chi connectivity index (χ0n) is 10.9. The number of benzene rings is 1. The van der Waals surface area contributed by atoms with E-state index in [2.05, 4.69) is 37.5 Å². The summed E-state index contributed by atoms with van der Waals surface area (Å²) in [7, 11) is 0. The van der Waals surface area contributed by atoms with E-state index in [4.69, 9.17) is 0 Å². The molecule has 0 aromatic heterocycles. The van der Waals surface area contributed by atoms with Crippen molar-refractivity contribution in [3.63, 3.8) is 0 Å². The van der Waals surface area contributed by atoms with Gasteiger partial charge in [0, 0.05) is 17.9 Å². The molecule has 0 atom stereocenters. The molecule has 94 valence electrons. The van der Waals surface area contributed by atoms with E-state index < -0.39 is 0 Å². The smallest absolute Gasteiger partial charge is 0.123 e. The van der Waals surface area contributed by atoms with Crippen LogP contribution in [0.25, 0.3) is 0 Å². The van der Waals surface area contributed by atoms with Gasteiger partial charge in [-0.1, -0.05) is 18.2 Å². The Morgan fingerprint density at radius 2 is 1.94 bits per heavy atom. The molecule has 18 heavy (non-hydrogen) atoms. The fourth-order valence-corrected chi connectivity index (χ4v) is 2.03. The van der Waals surface area contributed by atoms with E-state index >= 15 is 0 Å². The molecule has 0 spiro atoms. The number of halogens is 1. The Morgan fingerprint density at radius 1 is 1.28 bits per heavy atom. The summed E-state index contributed by atoms with van der Waals surface area (Å²) in [6.45, 7) is 9.14. The van der Waals surface area contributed by atoms with Crippen molar-refractivity contribution >= 4 is 5.69 Å². The predicted octanol–water partition coefficient (Wildman–Crippen LogP) is 4.44. The molecule has 2 rings (SSSR count). The van der Waals surface area contributed by atoms with Crippen LogP contribution in [-0.2, 0) is 0 Å². The van der Waals surface area contributed by atoms with Crippen molar-refractivity contribution in [3.8, 4) is 0 Å². The first-order valence-electron chi connectivity index (χ1n) is 6.14. The molecule has 1 nitrogen and oxygen atoms in total. The highest BCUT2D eigenvalue weighted by molar-refractivity contribution is 5.60. The molecule has 1 fully saturated rings. The third kappa shape index (κ3) is 2.70. The third-order valence-electron chi connectivity index (χ3n) is 3.00. The van der Waals surface area contributed by atoms with E-state index in [-0.39, 0.29) is 5.82 Å². The van der Waals surface area contributed by atoms with E-state index in [9.17, 15) is 4.39 Å². The van der Waals surface area contributed by atoms with Gasteiger partial charge in [-0.15, -0.1) is 0 Å². The molecule has 1 aliphatic rings. The van der Waals surface area contributed by atoms with E-state index in [1.54, 1.807) is 0 Å². The monoisotopic (exact) mass is 243 g/mol. The summed E-state index contributed by atoms with van der Waals surface area (Å²) in [5.41, 5.74) is 4.53. The van der Waals surface area contributed by atoms with Gasteiger partial charge < -0.3 is 4.90 Å². The minimum absolute atomic E-state index is 0.202. The molecule has 1 saturated heterocycles. The lowest BCUT2D eigenvalue weighted by Gasteiger charge is -2.20. The van der Waals surface area contributed by atoms with Crippen molar-refractivity contribution in [2.45, 2.75) is 20.3 Å². The van der Waals surface area contributed by atoms with Gasteiger partial charge >= 0.3 is 0 Å². The van der Waals surface area contributed by atoms with Gasteiger partial charge in [0.1, 0.15) is 5.82 Å². The lowest BCUT2D eigenvalue weighted by Crippen LogP contribution is -2.16. The highest BCUT2D eigenvalue weighted by atomic mass is 19.1. The molecule has 0 amide bonds. The molecular weight excluding hydrogens is 225 g/mol. The molecule has 1 heterocycles. The van der Waals surface area contributed by atoms with Crippen LogP contribution in [0.1, 0.15) is 20.3 Å². The number of anilines is 1. The van der Waals surface area contributed by atoms with Gasteiger partial charge in [0.05, 0.1) is 0 Å². The van der Waals surface area contributed by atoms with Gasteiger partial charge in [0.2, 0.25) is 0 Å². The van der Waals surface area contributed by atoms with Crippen molar-refractivity contribution in [2.75, 3.05) is 11.4 Å². The van der Waals surface area contributed by atoms with Gasteiger partial charge in [-0.05, 0) is 56.2 Å². The van der Waals surface area contributed by atoms with Gasteiger partial charge in [-0.3, -0.25) is 0 Å². The summed E-state index contributed by atoms with van der Waals surface area (Å²) in [4.78, 5) is 2.18. The Balaban J connectivity index is 2.32. The summed E-state index contributed by atoms with van der Waals surface area (Å²) in [5, 5.41) is 0. The van der Waals surface area contributed by atoms with Crippen LogP contribution in [0.3, 0.4) is 0 Å². The summed E-state index contributed by atoms with van der Waals surface area (Å²) in [5.74, 6) is -0.202. The second-order valence-electron chi connectivity index (χ2n) is 4.78. The zero-order chi connectivity index (χ0) is 13.1. The fraction of sp³-hybridized carbons (Fsp3) is 0.250. The largest absolute Gasteiger partial charge is 0.341 e. The molecule has 0 aliphatic carbocycles. The second kappa shape index (κ2) is 5.21. The molecule has 0 bridgehead atoms. The van der Waals surface area contributed by atoms with Gasteiger partial charge in [0.25, 0.3) is 0 Å². The molecular formula is C16H18FN. The predicted molar refractivity (Wildman–Crippen MR) is 75.0 cm³/mol. The maximum absolute atomic E-state index is 12.9. The Morgan fingerprint density at radius 3 is 2.56 bits per heavy atom. The lowest BCUT2D eigenvalue weighted by atomic mass is 10.2. The SMILES string of the molecule is C=C1CCN(c2ccc(F)cc2)/C1=C/C=C(C)C. The maximum atomic E-state index is 12.9. The summed E-state index contributed by atoms with van der Waals surface area (Å²) in [6.07, 6.45) is 5.14. The minimum atomic E-state index is -0.202. The zero-order valence-corrected chi connectivity index (χ0v) is 10.9. The summed E-state index contributed by atoms with van der Waals surface area (Å²) < 4.78 is 12.9. The minimum Gasteiger partial charge on any atom is -0.341 e. The van der Waals surface area contributed by atoms with Gasteiger partial charge in [-0.25, -0.2) is 4.39 Å². The van der Waals surface area contributed by atoms with Crippen molar-refractivity contribution in [3.05, 3.63) is 65.7 Å². The molecule has 1 aliphatic heterocycles. The fourth-order valence-electron chi connectivity index (χ4n) is 2.03. The summed E-state index contributed by atoms with van der Waals surface area (Å²) >= 11 is 0. The number of nitrogens with zero attached hydrogens (tertiary/aromatic N) is 1. The van der Waals surface area contributed by atoms with E-state index in [0.29, 0.717) is 0 Å². The number of hydrogen-bond acceptors (Lipinski definition) is 1. The van der Waals surface area contributed by atoms with Crippen molar-refractivity contribution < 1.29 is 4.39 Å². The first-order chi connectivity index (χ1) is 8.58. The number of hydrogen-bond donors (Lipinski definition) is 0. The topological polar surface area (TPSA) is 3.24 Å². The Hall–Kier alpha value is -1.83. The average Bonchev–Trinajstić information content (AvgIpc) is 2.69. The summed E-state index contributed by atoms with van der Waals surface area (Å²) in [6, 6.07) is 6.61. The van der Waals surface area contributed by atoms with Gasteiger partial charge in [-0.2, -0.15) is 0 Å². The maximum Gasteiger partial charge on any atom is 0.123 e. The van der Waals surface area contributed by atoms with Crippen molar-refractivity contribution in [1.29, 1.82) is 0 Å². The van der Waals surface area contributed by atoms with Gasteiger partial charge in [0.15, 0.2) is 0 Å². The average molecular weight is 243 g/mol. The quantitative estimate of drug-likeness (QED) is 0.742. The number of allylic oxidation sites excluding steroid dienone is 4. The normalized spacial score (nSPS) is 17.4. The van der Waals surface area contributed by atoms with Crippen LogP contribution in [0.4, 0.5) is 10.1 Å². The molecule has 1 aromatic carbocycles. The Labute approximate surface area is 108 Å². The highest BCUT2D eigenvalue weighted by Crippen LogP contribution is 2.31. The molecule has 0 radical (unpaired) electrons. The van der Waals surface area contributed by atoms with Crippen LogP contribution in [0.15, 0.2) is 59.8 Å². The van der Waals surface area contributed by atoms with Crippen LogP contribution >= 0.6 is 0 Å². The highest BCUT2D eigenvalue weighted by Gasteiger charge is 2.21. The standard InChI is InChI=1S/C16H18FN/c1-12(2)4-9-16-13(3)10-11-18(16)15-7-5-14(17)6-8-15/h4-9H,3,10-11H2,1-2H3/b16-9+. The van der Waals surface area contributed by atoms with Crippen LogP contribution in [0.2, 0.25) is 0 Å². The number of rotatable bonds is 2. The molecule has 0 saturated carbocycles. The van der Waals surface area contributed by atoms with Crippen molar-refractivity contribution in [1.82, 2.24) is 0 Å². The first kappa shape index (κ1) is 12.6. The first-order valence-corrected chi connectivity index (χ1v) is 6.14.